The maximum absolute atomic E-state index is 3.60. The first-order valence-electron chi connectivity index (χ1n) is 7.18. The number of nitrogens with zero attached hydrogens (tertiary/aromatic N) is 1. The van der Waals surface area contributed by atoms with E-state index in [2.05, 4.69) is 72.2 Å². The van der Waals surface area contributed by atoms with Crippen molar-refractivity contribution < 1.29 is 0 Å². The molecule has 19 heavy (non-hydrogen) atoms. The van der Waals surface area contributed by atoms with Gasteiger partial charge in [-0.2, -0.15) is 0 Å². The average molecular weight is 325 g/mol. The fraction of sp³-hybridized carbons (Fsp3) is 0.625. The van der Waals surface area contributed by atoms with E-state index in [0.29, 0.717) is 18.0 Å². The van der Waals surface area contributed by atoms with E-state index in [1.54, 1.807) is 0 Å². The molecule has 1 N–H and O–H groups in total. The Morgan fingerprint density at radius 1 is 1.42 bits per heavy atom. The van der Waals surface area contributed by atoms with Gasteiger partial charge in [-0.1, -0.05) is 41.9 Å². The number of hydrogen-bond donors (Lipinski definition) is 1. The third-order valence-electron chi connectivity index (χ3n) is 4.09. The van der Waals surface area contributed by atoms with Crippen LogP contribution in [0, 0.1) is 12.8 Å². The first-order valence-corrected chi connectivity index (χ1v) is 7.98. The monoisotopic (exact) mass is 324 g/mol. The Hall–Kier alpha value is -0.380. The number of hydrogen-bond acceptors (Lipinski definition) is 2. The lowest BCUT2D eigenvalue weighted by Gasteiger charge is -2.27. The van der Waals surface area contributed by atoms with Crippen LogP contribution < -0.4 is 5.32 Å². The van der Waals surface area contributed by atoms with Crippen LogP contribution in [0.2, 0.25) is 0 Å². The third-order valence-corrected chi connectivity index (χ3v) is 4.98. The second-order valence-electron chi connectivity index (χ2n) is 6.05. The summed E-state index contributed by atoms with van der Waals surface area (Å²) < 4.78 is 1.20. The number of halogens is 1. The molecule has 0 aromatic heterocycles. The first kappa shape index (κ1) is 15.0. The summed E-state index contributed by atoms with van der Waals surface area (Å²) in [6.45, 7) is 8.92. The van der Waals surface area contributed by atoms with Crippen molar-refractivity contribution in [2.45, 2.75) is 39.3 Å². The van der Waals surface area contributed by atoms with Crippen LogP contribution >= 0.6 is 15.9 Å². The van der Waals surface area contributed by atoms with E-state index < -0.39 is 0 Å². The molecule has 1 fully saturated rings. The van der Waals surface area contributed by atoms with Crippen LogP contribution in [0.5, 0.6) is 0 Å². The van der Waals surface area contributed by atoms with Crippen LogP contribution in [0.3, 0.4) is 0 Å². The summed E-state index contributed by atoms with van der Waals surface area (Å²) in [5, 5.41) is 3.60. The molecule has 2 unspecified atom stereocenters. The van der Waals surface area contributed by atoms with Gasteiger partial charge in [-0.15, -0.1) is 0 Å². The van der Waals surface area contributed by atoms with E-state index in [1.807, 2.05) is 0 Å². The molecule has 2 rings (SSSR count). The lowest BCUT2D eigenvalue weighted by atomic mass is 9.92. The SMILES string of the molecule is Cc1cc(C2C(CNC(C)C)CCN2C)ccc1Br. The highest BCUT2D eigenvalue weighted by molar-refractivity contribution is 9.10. The van der Waals surface area contributed by atoms with Crippen molar-refractivity contribution in [3.05, 3.63) is 33.8 Å². The maximum Gasteiger partial charge on any atom is 0.0385 e. The zero-order valence-electron chi connectivity index (χ0n) is 12.4. The fourth-order valence-electron chi connectivity index (χ4n) is 3.01. The van der Waals surface area contributed by atoms with E-state index in [9.17, 15) is 0 Å². The van der Waals surface area contributed by atoms with Gasteiger partial charge in [0.2, 0.25) is 0 Å². The molecule has 0 saturated carbocycles. The summed E-state index contributed by atoms with van der Waals surface area (Å²) in [7, 11) is 2.25. The predicted molar refractivity (Wildman–Crippen MR) is 85.5 cm³/mol. The van der Waals surface area contributed by atoms with Gasteiger partial charge in [-0.05, 0) is 50.0 Å². The van der Waals surface area contributed by atoms with Crippen molar-refractivity contribution >= 4 is 15.9 Å². The van der Waals surface area contributed by atoms with E-state index in [1.165, 1.54) is 28.6 Å². The van der Waals surface area contributed by atoms with Gasteiger partial charge in [0, 0.05) is 23.1 Å². The molecule has 0 spiro atoms. The Bertz CT molecular complexity index is 431. The van der Waals surface area contributed by atoms with E-state index in [0.717, 1.165) is 6.54 Å². The summed E-state index contributed by atoms with van der Waals surface area (Å²) in [5.74, 6) is 0.716. The van der Waals surface area contributed by atoms with Gasteiger partial charge in [-0.25, -0.2) is 0 Å². The summed E-state index contributed by atoms with van der Waals surface area (Å²) in [6.07, 6.45) is 1.29. The fourth-order valence-corrected chi connectivity index (χ4v) is 3.25. The molecule has 2 atom stereocenters. The number of aryl methyl sites for hydroxylation is 1. The van der Waals surface area contributed by atoms with Gasteiger partial charge in [-0.3, -0.25) is 4.90 Å². The third kappa shape index (κ3) is 3.59. The normalized spacial score (nSPS) is 24.3. The van der Waals surface area contributed by atoms with E-state index >= 15 is 0 Å². The first-order chi connectivity index (χ1) is 8.99. The Morgan fingerprint density at radius 2 is 2.16 bits per heavy atom. The molecule has 0 amide bonds. The molecule has 1 aliphatic heterocycles. The number of nitrogens with one attached hydrogen (secondary N) is 1. The van der Waals surface area contributed by atoms with E-state index in [-0.39, 0.29) is 0 Å². The molecule has 0 aliphatic carbocycles. The van der Waals surface area contributed by atoms with Crippen LogP contribution in [0.1, 0.15) is 37.4 Å². The zero-order chi connectivity index (χ0) is 14.0. The largest absolute Gasteiger partial charge is 0.314 e. The van der Waals surface area contributed by atoms with Crippen molar-refractivity contribution in [1.82, 2.24) is 10.2 Å². The van der Waals surface area contributed by atoms with Gasteiger partial charge in [0.1, 0.15) is 0 Å². The Balaban J connectivity index is 2.16. The molecule has 0 radical (unpaired) electrons. The van der Waals surface area contributed by atoms with Crippen molar-refractivity contribution in [1.29, 1.82) is 0 Å². The lowest BCUT2D eigenvalue weighted by Crippen LogP contribution is -2.32. The number of likely N-dealkylation sites (tertiary alicyclic amines) is 1. The Kier molecular flexibility index (Phi) is 5.04. The number of benzene rings is 1. The summed E-state index contributed by atoms with van der Waals surface area (Å²) in [4.78, 5) is 2.50. The highest BCUT2D eigenvalue weighted by Gasteiger charge is 2.32. The smallest absolute Gasteiger partial charge is 0.0385 e. The molecule has 2 nitrogen and oxygen atoms in total. The predicted octanol–water partition coefficient (Wildman–Crippen LogP) is 3.75. The van der Waals surface area contributed by atoms with Crippen molar-refractivity contribution in [2.75, 3.05) is 20.1 Å². The quantitative estimate of drug-likeness (QED) is 0.907. The minimum Gasteiger partial charge on any atom is -0.314 e. The molecular formula is C16H25BrN2. The zero-order valence-corrected chi connectivity index (χ0v) is 14.0. The molecule has 1 aromatic carbocycles. The molecule has 1 aliphatic rings. The van der Waals surface area contributed by atoms with Crippen LogP contribution in [-0.4, -0.2) is 31.1 Å². The summed E-state index contributed by atoms with van der Waals surface area (Å²) >= 11 is 3.59. The van der Waals surface area contributed by atoms with Gasteiger partial charge in [0.15, 0.2) is 0 Å². The van der Waals surface area contributed by atoms with Crippen molar-refractivity contribution in [3.8, 4) is 0 Å². The molecule has 1 heterocycles. The van der Waals surface area contributed by atoms with Crippen LogP contribution in [0.25, 0.3) is 0 Å². The van der Waals surface area contributed by atoms with Gasteiger partial charge < -0.3 is 5.32 Å². The Morgan fingerprint density at radius 3 is 2.79 bits per heavy atom. The number of rotatable bonds is 4. The molecule has 3 heteroatoms. The highest BCUT2D eigenvalue weighted by Crippen LogP contribution is 2.36. The van der Waals surface area contributed by atoms with Gasteiger partial charge >= 0.3 is 0 Å². The van der Waals surface area contributed by atoms with Crippen LogP contribution in [0.15, 0.2) is 22.7 Å². The molecular weight excluding hydrogens is 300 g/mol. The lowest BCUT2D eigenvalue weighted by molar-refractivity contribution is 0.269. The summed E-state index contributed by atoms with van der Waals surface area (Å²) in [5.41, 5.74) is 2.78. The minimum atomic E-state index is 0.554. The second kappa shape index (κ2) is 6.38. The summed E-state index contributed by atoms with van der Waals surface area (Å²) in [6, 6.07) is 7.91. The maximum atomic E-state index is 3.60. The van der Waals surface area contributed by atoms with Gasteiger partial charge in [0.25, 0.3) is 0 Å². The van der Waals surface area contributed by atoms with Gasteiger partial charge in [0.05, 0.1) is 0 Å². The van der Waals surface area contributed by atoms with Crippen LogP contribution in [-0.2, 0) is 0 Å². The van der Waals surface area contributed by atoms with Crippen LogP contribution in [0.4, 0.5) is 0 Å². The van der Waals surface area contributed by atoms with E-state index in [4.69, 9.17) is 0 Å². The standard InChI is InChI=1S/C16H25BrN2/c1-11(2)18-10-14-7-8-19(4)16(14)13-5-6-15(17)12(3)9-13/h5-6,9,11,14,16,18H,7-8,10H2,1-4H3. The Labute approximate surface area is 125 Å². The topological polar surface area (TPSA) is 15.3 Å². The molecule has 1 aromatic rings. The second-order valence-corrected chi connectivity index (χ2v) is 6.90. The minimum absolute atomic E-state index is 0.554. The van der Waals surface area contributed by atoms with Crippen molar-refractivity contribution in [2.24, 2.45) is 5.92 Å². The average Bonchev–Trinajstić information content (AvgIpc) is 2.71. The molecule has 1 saturated heterocycles. The highest BCUT2D eigenvalue weighted by atomic mass is 79.9. The molecule has 106 valence electrons. The van der Waals surface area contributed by atoms with Crippen molar-refractivity contribution in [3.63, 3.8) is 0 Å². The molecule has 0 bridgehead atoms.